The minimum Gasteiger partial charge on any atom is -0.398 e. The molecule has 3 nitrogen and oxygen atoms in total. The van der Waals surface area contributed by atoms with Gasteiger partial charge in [-0.15, -0.1) is 0 Å². The number of rotatable bonds is 2. The number of likely N-dealkylation sites (tertiary alicyclic amines) is 1. The summed E-state index contributed by atoms with van der Waals surface area (Å²) in [6.45, 7) is 1.99. The number of aliphatic hydroxyl groups excluding tert-OH is 1. The molecule has 16 heavy (non-hydrogen) atoms. The van der Waals surface area contributed by atoms with Crippen LogP contribution in [0.2, 0.25) is 0 Å². The molecule has 0 aromatic heterocycles. The van der Waals surface area contributed by atoms with Gasteiger partial charge in [0.25, 0.3) is 0 Å². The summed E-state index contributed by atoms with van der Waals surface area (Å²) in [4.78, 5) is 2.24. The fourth-order valence-electron chi connectivity index (χ4n) is 2.28. The predicted octanol–water partition coefficient (Wildman–Crippen LogP) is 2.02. The quantitative estimate of drug-likeness (QED) is 0.817. The highest BCUT2D eigenvalue weighted by Gasteiger charge is 2.28. The number of nitrogens with two attached hydrogens (primary N) is 1. The SMILES string of the molecule is CN1CCC(C(O)c2cc(Br)ccc2N)C1. The van der Waals surface area contributed by atoms with Crippen LogP contribution in [0.5, 0.6) is 0 Å². The van der Waals surface area contributed by atoms with E-state index in [1.807, 2.05) is 18.2 Å². The third-order valence-corrected chi connectivity index (χ3v) is 3.74. The molecule has 4 heteroatoms. The average Bonchev–Trinajstić information content (AvgIpc) is 2.67. The van der Waals surface area contributed by atoms with Gasteiger partial charge in [0, 0.05) is 28.2 Å². The highest BCUT2D eigenvalue weighted by atomic mass is 79.9. The molecule has 0 spiro atoms. The molecule has 0 bridgehead atoms. The lowest BCUT2D eigenvalue weighted by molar-refractivity contribution is 0.113. The standard InChI is InChI=1S/C12H17BrN2O/c1-15-5-4-8(7-15)12(16)10-6-9(13)2-3-11(10)14/h2-3,6,8,12,16H,4-5,7,14H2,1H3. The van der Waals surface area contributed by atoms with Gasteiger partial charge >= 0.3 is 0 Å². The number of nitrogen functional groups attached to an aromatic ring is 1. The third-order valence-electron chi connectivity index (χ3n) is 3.24. The number of benzene rings is 1. The monoisotopic (exact) mass is 284 g/mol. The second-order valence-electron chi connectivity index (χ2n) is 4.53. The molecule has 1 heterocycles. The fraction of sp³-hybridized carbons (Fsp3) is 0.500. The molecule has 1 aliphatic heterocycles. The molecule has 88 valence electrons. The highest BCUT2D eigenvalue weighted by molar-refractivity contribution is 9.10. The van der Waals surface area contributed by atoms with Crippen LogP contribution in [-0.2, 0) is 0 Å². The lowest BCUT2D eigenvalue weighted by Gasteiger charge is -2.20. The van der Waals surface area contributed by atoms with E-state index >= 15 is 0 Å². The maximum Gasteiger partial charge on any atom is 0.0851 e. The van der Waals surface area contributed by atoms with E-state index in [0.717, 1.165) is 29.5 Å². The van der Waals surface area contributed by atoms with Crippen LogP contribution in [0.1, 0.15) is 18.1 Å². The molecule has 2 rings (SSSR count). The van der Waals surface area contributed by atoms with Gasteiger partial charge in [-0.1, -0.05) is 15.9 Å². The molecule has 1 saturated heterocycles. The van der Waals surface area contributed by atoms with Crippen molar-refractivity contribution in [1.29, 1.82) is 0 Å². The van der Waals surface area contributed by atoms with Gasteiger partial charge in [-0.3, -0.25) is 0 Å². The lowest BCUT2D eigenvalue weighted by Crippen LogP contribution is -2.19. The van der Waals surface area contributed by atoms with Gasteiger partial charge < -0.3 is 15.7 Å². The average molecular weight is 285 g/mol. The van der Waals surface area contributed by atoms with E-state index in [4.69, 9.17) is 5.73 Å². The molecule has 1 aromatic rings. The van der Waals surface area contributed by atoms with Crippen molar-refractivity contribution >= 4 is 21.6 Å². The van der Waals surface area contributed by atoms with E-state index in [0.29, 0.717) is 11.6 Å². The Morgan fingerprint density at radius 1 is 1.56 bits per heavy atom. The second-order valence-corrected chi connectivity index (χ2v) is 5.44. The van der Waals surface area contributed by atoms with Crippen molar-refractivity contribution in [1.82, 2.24) is 4.90 Å². The zero-order valence-corrected chi connectivity index (χ0v) is 10.9. The number of halogens is 1. The Morgan fingerprint density at radius 2 is 2.31 bits per heavy atom. The molecule has 0 saturated carbocycles. The van der Waals surface area contributed by atoms with Crippen LogP contribution in [0.4, 0.5) is 5.69 Å². The van der Waals surface area contributed by atoms with Gasteiger partial charge in [-0.25, -0.2) is 0 Å². The van der Waals surface area contributed by atoms with E-state index in [-0.39, 0.29) is 0 Å². The first-order valence-corrected chi connectivity index (χ1v) is 6.29. The molecule has 2 atom stereocenters. The first-order valence-electron chi connectivity index (χ1n) is 5.49. The van der Waals surface area contributed by atoms with Crippen LogP contribution in [-0.4, -0.2) is 30.1 Å². The van der Waals surface area contributed by atoms with Crippen LogP contribution in [0.15, 0.2) is 22.7 Å². The minimum absolute atomic E-state index is 0.293. The number of nitrogens with zero attached hydrogens (tertiary/aromatic N) is 1. The Hall–Kier alpha value is -0.580. The molecule has 0 aliphatic carbocycles. The number of hydrogen-bond donors (Lipinski definition) is 2. The van der Waals surface area contributed by atoms with Crippen LogP contribution in [0.25, 0.3) is 0 Å². The van der Waals surface area contributed by atoms with Crippen LogP contribution >= 0.6 is 15.9 Å². The predicted molar refractivity (Wildman–Crippen MR) is 69.1 cm³/mol. The van der Waals surface area contributed by atoms with Crippen molar-refractivity contribution in [2.24, 2.45) is 5.92 Å². The van der Waals surface area contributed by atoms with Crippen LogP contribution in [0.3, 0.4) is 0 Å². The smallest absolute Gasteiger partial charge is 0.0851 e. The van der Waals surface area contributed by atoms with Crippen molar-refractivity contribution in [3.63, 3.8) is 0 Å². The molecular formula is C12H17BrN2O. The van der Waals surface area contributed by atoms with Crippen molar-refractivity contribution in [3.8, 4) is 0 Å². The molecule has 0 radical (unpaired) electrons. The molecule has 2 unspecified atom stereocenters. The molecular weight excluding hydrogens is 268 g/mol. The van der Waals surface area contributed by atoms with Gasteiger partial charge in [0.2, 0.25) is 0 Å². The van der Waals surface area contributed by atoms with Crippen molar-refractivity contribution in [2.75, 3.05) is 25.9 Å². The summed E-state index contributed by atoms with van der Waals surface area (Å²) in [6, 6.07) is 5.64. The largest absolute Gasteiger partial charge is 0.398 e. The Kier molecular flexibility index (Phi) is 3.52. The van der Waals surface area contributed by atoms with Gasteiger partial charge in [-0.05, 0) is 38.2 Å². The first-order chi connectivity index (χ1) is 7.58. The van der Waals surface area contributed by atoms with Crippen LogP contribution < -0.4 is 5.73 Å². The Morgan fingerprint density at radius 3 is 2.94 bits per heavy atom. The van der Waals surface area contributed by atoms with Crippen LogP contribution in [0, 0.1) is 5.92 Å². The fourth-order valence-corrected chi connectivity index (χ4v) is 2.66. The highest BCUT2D eigenvalue weighted by Crippen LogP contribution is 2.33. The summed E-state index contributed by atoms with van der Waals surface area (Å²) in [6.07, 6.45) is 0.575. The Balaban J connectivity index is 2.20. The van der Waals surface area contributed by atoms with E-state index in [1.54, 1.807) is 0 Å². The summed E-state index contributed by atoms with van der Waals surface area (Å²) in [5, 5.41) is 10.3. The van der Waals surface area contributed by atoms with Crippen molar-refractivity contribution in [3.05, 3.63) is 28.2 Å². The third kappa shape index (κ3) is 2.39. The van der Waals surface area contributed by atoms with Gasteiger partial charge in [0.05, 0.1) is 6.10 Å². The molecule has 3 N–H and O–H groups in total. The minimum atomic E-state index is -0.456. The second kappa shape index (κ2) is 4.73. The summed E-state index contributed by atoms with van der Waals surface area (Å²) >= 11 is 3.41. The van der Waals surface area contributed by atoms with E-state index < -0.39 is 6.10 Å². The van der Waals surface area contributed by atoms with Gasteiger partial charge in [0.1, 0.15) is 0 Å². The maximum atomic E-state index is 10.3. The number of hydrogen-bond acceptors (Lipinski definition) is 3. The molecule has 1 aliphatic rings. The van der Waals surface area contributed by atoms with E-state index in [2.05, 4.69) is 27.9 Å². The number of anilines is 1. The lowest BCUT2D eigenvalue weighted by atomic mass is 9.94. The summed E-state index contributed by atoms with van der Waals surface area (Å²) < 4.78 is 0.960. The Bertz CT molecular complexity index is 383. The normalized spacial score (nSPS) is 23.6. The van der Waals surface area contributed by atoms with Gasteiger partial charge in [0.15, 0.2) is 0 Å². The van der Waals surface area contributed by atoms with Crippen molar-refractivity contribution in [2.45, 2.75) is 12.5 Å². The summed E-state index contributed by atoms with van der Waals surface area (Å²) in [5.74, 6) is 0.293. The van der Waals surface area contributed by atoms with E-state index in [9.17, 15) is 5.11 Å². The van der Waals surface area contributed by atoms with E-state index in [1.165, 1.54) is 0 Å². The van der Waals surface area contributed by atoms with Crippen molar-refractivity contribution < 1.29 is 5.11 Å². The molecule has 1 aromatic carbocycles. The summed E-state index contributed by atoms with van der Waals surface area (Å²) in [7, 11) is 2.08. The Labute approximate surface area is 104 Å². The molecule has 1 fully saturated rings. The van der Waals surface area contributed by atoms with Gasteiger partial charge in [-0.2, -0.15) is 0 Å². The number of aliphatic hydroxyl groups is 1. The maximum absolute atomic E-state index is 10.3. The summed E-state index contributed by atoms with van der Waals surface area (Å²) in [5.41, 5.74) is 7.41. The zero-order valence-electron chi connectivity index (χ0n) is 9.36. The molecule has 0 amide bonds. The first kappa shape index (κ1) is 11.9. The topological polar surface area (TPSA) is 49.5 Å². The zero-order chi connectivity index (χ0) is 11.7.